The minimum Gasteiger partial charge on any atom is -0.325 e. The second kappa shape index (κ2) is 7.72. The fourth-order valence-corrected chi connectivity index (χ4v) is 3.52. The summed E-state index contributed by atoms with van der Waals surface area (Å²) in [5.41, 5.74) is 1.79. The van der Waals surface area contributed by atoms with E-state index in [0.717, 1.165) is 16.7 Å². The van der Waals surface area contributed by atoms with Gasteiger partial charge in [0.15, 0.2) is 0 Å². The lowest BCUT2D eigenvalue weighted by atomic mass is 10.2. The van der Waals surface area contributed by atoms with E-state index in [-0.39, 0.29) is 11.2 Å². The van der Waals surface area contributed by atoms with Crippen molar-refractivity contribution in [1.29, 1.82) is 0 Å². The Kier molecular flexibility index (Phi) is 5.90. The SMILES string of the molecule is Cc1ccc(NC(=O)C(C)Sc2ccccc2)cc1NS(C)(=O)=O. The van der Waals surface area contributed by atoms with Crippen molar-refractivity contribution >= 4 is 39.1 Å². The van der Waals surface area contributed by atoms with Crippen molar-refractivity contribution in [2.75, 3.05) is 16.3 Å². The summed E-state index contributed by atoms with van der Waals surface area (Å²) >= 11 is 1.46. The van der Waals surface area contributed by atoms with Crippen LogP contribution in [0.5, 0.6) is 0 Å². The summed E-state index contributed by atoms with van der Waals surface area (Å²) in [6.45, 7) is 3.63. The fraction of sp³-hybridized carbons (Fsp3) is 0.235. The minimum atomic E-state index is -3.37. The average molecular weight is 364 g/mol. The number of rotatable bonds is 6. The number of hydrogen-bond acceptors (Lipinski definition) is 4. The van der Waals surface area contributed by atoms with E-state index in [0.29, 0.717) is 11.4 Å². The lowest BCUT2D eigenvalue weighted by Gasteiger charge is -2.14. The zero-order chi connectivity index (χ0) is 17.7. The van der Waals surface area contributed by atoms with Gasteiger partial charge in [-0.1, -0.05) is 24.3 Å². The Bertz CT molecular complexity index is 821. The molecule has 24 heavy (non-hydrogen) atoms. The molecule has 2 aromatic rings. The molecule has 0 aliphatic rings. The molecule has 2 rings (SSSR count). The van der Waals surface area contributed by atoms with Gasteiger partial charge in [-0.2, -0.15) is 0 Å². The van der Waals surface area contributed by atoms with Gasteiger partial charge in [0, 0.05) is 10.6 Å². The number of thioether (sulfide) groups is 1. The number of sulfonamides is 1. The third kappa shape index (κ3) is 5.58. The van der Waals surface area contributed by atoms with E-state index in [1.807, 2.05) is 37.3 Å². The Balaban J connectivity index is 2.07. The van der Waals surface area contributed by atoms with E-state index >= 15 is 0 Å². The summed E-state index contributed by atoms with van der Waals surface area (Å²) < 4.78 is 25.2. The van der Waals surface area contributed by atoms with Crippen LogP contribution in [0.3, 0.4) is 0 Å². The lowest BCUT2D eigenvalue weighted by molar-refractivity contribution is -0.115. The molecule has 2 N–H and O–H groups in total. The van der Waals surface area contributed by atoms with E-state index in [1.165, 1.54) is 11.8 Å². The monoisotopic (exact) mass is 364 g/mol. The predicted molar refractivity (Wildman–Crippen MR) is 100 cm³/mol. The van der Waals surface area contributed by atoms with Crippen LogP contribution < -0.4 is 10.0 Å². The van der Waals surface area contributed by atoms with Crippen molar-refractivity contribution in [3.8, 4) is 0 Å². The lowest BCUT2D eigenvalue weighted by Crippen LogP contribution is -2.22. The molecule has 0 aliphatic heterocycles. The number of anilines is 2. The summed E-state index contributed by atoms with van der Waals surface area (Å²) in [6, 6.07) is 14.8. The third-order valence-corrected chi connectivity index (χ3v) is 4.93. The van der Waals surface area contributed by atoms with E-state index in [4.69, 9.17) is 0 Å². The van der Waals surface area contributed by atoms with E-state index < -0.39 is 10.0 Å². The molecular weight excluding hydrogens is 344 g/mol. The number of carbonyl (C=O) groups is 1. The maximum atomic E-state index is 12.3. The van der Waals surface area contributed by atoms with Crippen molar-refractivity contribution in [2.45, 2.75) is 24.0 Å². The first-order valence-corrected chi connectivity index (χ1v) is 10.1. The zero-order valence-electron chi connectivity index (χ0n) is 13.7. The van der Waals surface area contributed by atoms with Crippen LogP contribution in [-0.4, -0.2) is 25.8 Å². The Hall–Kier alpha value is -1.99. The number of aryl methyl sites for hydroxylation is 1. The highest BCUT2D eigenvalue weighted by molar-refractivity contribution is 8.00. The molecule has 0 saturated carbocycles. The highest BCUT2D eigenvalue weighted by atomic mass is 32.2. The molecule has 0 saturated heterocycles. The summed E-state index contributed by atoms with van der Waals surface area (Å²) in [4.78, 5) is 13.3. The van der Waals surface area contributed by atoms with Gasteiger partial charge in [0.05, 0.1) is 17.2 Å². The van der Waals surface area contributed by atoms with Crippen molar-refractivity contribution in [3.05, 3.63) is 54.1 Å². The Labute approximate surface area is 146 Å². The predicted octanol–water partition coefficient (Wildman–Crippen LogP) is 3.49. The quantitative estimate of drug-likeness (QED) is 0.770. The minimum absolute atomic E-state index is 0.141. The first kappa shape index (κ1) is 18.4. The van der Waals surface area contributed by atoms with Crippen molar-refractivity contribution < 1.29 is 13.2 Å². The molecule has 0 aromatic heterocycles. The second-order valence-corrected chi connectivity index (χ2v) is 8.63. The van der Waals surface area contributed by atoms with E-state index in [2.05, 4.69) is 10.0 Å². The van der Waals surface area contributed by atoms with Crippen LogP contribution in [0.1, 0.15) is 12.5 Å². The summed E-state index contributed by atoms with van der Waals surface area (Å²) in [5, 5.41) is 2.54. The molecule has 0 radical (unpaired) electrons. The summed E-state index contributed by atoms with van der Waals surface area (Å²) in [6.07, 6.45) is 1.09. The molecule has 2 aromatic carbocycles. The standard InChI is InChI=1S/C17H20N2O3S2/c1-12-9-10-14(11-16(12)19-24(3,21)22)18-17(20)13(2)23-15-7-5-4-6-8-15/h4-11,13,19H,1-3H3,(H,18,20). The van der Waals surface area contributed by atoms with Gasteiger partial charge in [-0.3, -0.25) is 9.52 Å². The number of carbonyl (C=O) groups excluding carboxylic acids is 1. The number of benzene rings is 2. The highest BCUT2D eigenvalue weighted by Gasteiger charge is 2.15. The maximum absolute atomic E-state index is 12.3. The Morgan fingerprint density at radius 1 is 1.12 bits per heavy atom. The zero-order valence-corrected chi connectivity index (χ0v) is 15.4. The number of amides is 1. The Morgan fingerprint density at radius 2 is 1.79 bits per heavy atom. The molecule has 0 aliphatic carbocycles. The number of nitrogens with one attached hydrogen (secondary N) is 2. The molecule has 0 heterocycles. The largest absolute Gasteiger partial charge is 0.325 e. The molecule has 7 heteroatoms. The van der Waals surface area contributed by atoms with Gasteiger partial charge in [-0.05, 0) is 43.7 Å². The molecule has 0 spiro atoms. The molecule has 5 nitrogen and oxygen atoms in total. The highest BCUT2D eigenvalue weighted by Crippen LogP contribution is 2.25. The normalized spacial score (nSPS) is 12.5. The summed E-state index contributed by atoms with van der Waals surface area (Å²) in [5.74, 6) is -0.141. The van der Waals surface area contributed by atoms with Gasteiger partial charge >= 0.3 is 0 Å². The maximum Gasteiger partial charge on any atom is 0.237 e. The fourth-order valence-electron chi connectivity index (χ4n) is 2.01. The van der Waals surface area contributed by atoms with Gasteiger partial charge in [-0.25, -0.2) is 8.42 Å². The van der Waals surface area contributed by atoms with E-state index in [1.54, 1.807) is 25.1 Å². The van der Waals surface area contributed by atoms with Crippen molar-refractivity contribution in [2.24, 2.45) is 0 Å². The molecule has 1 atom stereocenters. The van der Waals surface area contributed by atoms with Crippen LogP contribution in [0.2, 0.25) is 0 Å². The molecule has 1 unspecified atom stereocenters. The smallest absolute Gasteiger partial charge is 0.237 e. The third-order valence-electron chi connectivity index (χ3n) is 3.23. The van der Waals surface area contributed by atoms with E-state index in [9.17, 15) is 13.2 Å². The van der Waals surface area contributed by atoms with Gasteiger partial charge < -0.3 is 5.32 Å². The topological polar surface area (TPSA) is 75.3 Å². The second-order valence-electron chi connectivity index (χ2n) is 5.47. The van der Waals surface area contributed by atoms with Crippen molar-refractivity contribution in [1.82, 2.24) is 0 Å². The van der Waals surface area contributed by atoms with Crippen LogP contribution in [0, 0.1) is 6.92 Å². The van der Waals surface area contributed by atoms with Crippen LogP contribution in [0.25, 0.3) is 0 Å². The Morgan fingerprint density at radius 3 is 2.42 bits per heavy atom. The van der Waals surface area contributed by atoms with Crippen LogP contribution in [0.15, 0.2) is 53.4 Å². The van der Waals surface area contributed by atoms with Crippen LogP contribution in [-0.2, 0) is 14.8 Å². The van der Waals surface area contributed by atoms with Crippen LogP contribution in [0.4, 0.5) is 11.4 Å². The number of hydrogen-bond donors (Lipinski definition) is 2. The van der Waals surface area contributed by atoms with Crippen molar-refractivity contribution in [3.63, 3.8) is 0 Å². The van der Waals surface area contributed by atoms with Gasteiger partial charge in [0.1, 0.15) is 0 Å². The molecular formula is C17H20N2O3S2. The van der Waals surface area contributed by atoms with Gasteiger partial charge in [0.25, 0.3) is 0 Å². The summed E-state index contributed by atoms with van der Waals surface area (Å²) in [7, 11) is -3.37. The van der Waals surface area contributed by atoms with Gasteiger partial charge in [0.2, 0.25) is 15.9 Å². The van der Waals surface area contributed by atoms with Crippen LogP contribution >= 0.6 is 11.8 Å². The molecule has 0 fully saturated rings. The molecule has 128 valence electrons. The first-order chi connectivity index (χ1) is 11.2. The average Bonchev–Trinajstić information content (AvgIpc) is 2.50. The molecule has 1 amide bonds. The molecule has 0 bridgehead atoms. The first-order valence-electron chi connectivity index (χ1n) is 7.35. The van der Waals surface area contributed by atoms with Gasteiger partial charge in [-0.15, -0.1) is 11.8 Å².